The van der Waals surface area contributed by atoms with Crippen LogP contribution in [0.2, 0.25) is 0 Å². The van der Waals surface area contributed by atoms with Gasteiger partial charge < -0.3 is 14.8 Å². The van der Waals surface area contributed by atoms with Crippen molar-refractivity contribution in [2.24, 2.45) is 0 Å². The van der Waals surface area contributed by atoms with Crippen LogP contribution in [-0.4, -0.2) is 48.1 Å². The van der Waals surface area contributed by atoms with Crippen LogP contribution in [0.15, 0.2) is 18.2 Å². The highest BCUT2D eigenvalue weighted by atomic mass is 32.2. The zero-order valence-corrected chi connectivity index (χ0v) is 18.3. The van der Waals surface area contributed by atoms with Crippen molar-refractivity contribution in [3.8, 4) is 11.4 Å². The maximum atomic E-state index is 13.1. The summed E-state index contributed by atoms with van der Waals surface area (Å²) in [6.45, 7) is 4.99. The first-order valence-electron chi connectivity index (χ1n) is 10.8. The zero-order chi connectivity index (χ0) is 20.9. The highest BCUT2D eigenvalue weighted by molar-refractivity contribution is 8.01. The third-order valence-corrected chi connectivity index (χ3v) is 8.12. The lowest BCUT2D eigenvalue weighted by atomic mass is 10.1. The second kappa shape index (κ2) is 7.41. The zero-order valence-electron chi connectivity index (χ0n) is 17.5. The molecular formula is C22H27N5O2S. The van der Waals surface area contributed by atoms with Gasteiger partial charge in [0.2, 0.25) is 11.8 Å². The Morgan fingerprint density at radius 3 is 2.97 bits per heavy atom. The molecule has 2 saturated heterocycles. The predicted molar refractivity (Wildman–Crippen MR) is 117 cm³/mol. The molecule has 2 fully saturated rings. The van der Waals surface area contributed by atoms with Crippen LogP contribution < -0.4 is 5.32 Å². The van der Waals surface area contributed by atoms with Gasteiger partial charge in [0.1, 0.15) is 11.9 Å². The maximum Gasteiger partial charge on any atom is 0.248 e. The fraction of sp³-hybridized carbons (Fsp3) is 0.545. The largest absolute Gasteiger partial charge is 0.324 e. The first-order chi connectivity index (χ1) is 14.5. The van der Waals surface area contributed by atoms with Gasteiger partial charge in [-0.15, -0.1) is 22.0 Å². The van der Waals surface area contributed by atoms with Crippen LogP contribution >= 0.6 is 11.8 Å². The molecule has 30 heavy (non-hydrogen) atoms. The number of rotatable bonds is 3. The molecule has 8 heteroatoms. The molecule has 2 aromatic rings. The van der Waals surface area contributed by atoms with Crippen LogP contribution in [0.4, 0.5) is 5.69 Å². The van der Waals surface area contributed by atoms with E-state index in [1.54, 1.807) is 16.7 Å². The second-order valence-electron chi connectivity index (χ2n) is 8.69. The average Bonchev–Trinajstić information content (AvgIpc) is 3.31. The predicted octanol–water partition coefficient (Wildman–Crippen LogP) is 3.37. The summed E-state index contributed by atoms with van der Waals surface area (Å²) in [7, 11) is 0. The Morgan fingerprint density at radius 1 is 1.23 bits per heavy atom. The van der Waals surface area contributed by atoms with Crippen LogP contribution in [0.5, 0.6) is 0 Å². The fourth-order valence-corrected chi connectivity index (χ4v) is 6.26. The van der Waals surface area contributed by atoms with Crippen molar-refractivity contribution in [3.05, 3.63) is 29.6 Å². The van der Waals surface area contributed by atoms with Gasteiger partial charge in [-0.25, -0.2) is 0 Å². The van der Waals surface area contributed by atoms with Crippen LogP contribution in [-0.2, 0) is 22.6 Å². The first kappa shape index (κ1) is 19.6. The molecule has 1 N–H and O–H groups in total. The standard InChI is InChI=1S/C22H27N5O2S/c1-14-7-8-15(20-25-24-18-6-4-3-5-11-26(18)20)12-16(14)23-21(29)17-13-30-22(2)10-9-19(28)27(17)22/h7-8,12,17H,3-6,9-11,13H2,1-2H3,(H,23,29)/t17-,22+/m1/s1. The molecule has 7 nitrogen and oxygen atoms in total. The van der Waals surface area contributed by atoms with Crippen molar-refractivity contribution < 1.29 is 9.59 Å². The van der Waals surface area contributed by atoms with Gasteiger partial charge in [-0.3, -0.25) is 9.59 Å². The van der Waals surface area contributed by atoms with Gasteiger partial charge in [0.05, 0.1) is 4.87 Å². The van der Waals surface area contributed by atoms with E-state index in [9.17, 15) is 9.59 Å². The Morgan fingerprint density at radius 2 is 2.10 bits per heavy atom. The Hall–Kier alpha value is -2.35. The summed E-state index contributed by atoms with van der Waals surface area (Å²) >= 11 is 1.71. The summed E-state index contributed by atoms with van der Waals surface area (Å²) in [6, 6.07) is 5.63. The van der Waals surface area contributed by atoms with Crippen LogP contribution in [0.3, 0.4) is 0 Å². The number of nitrogens with zero attached hydrogens (tertiary/aromatic N) is 4. The van der Waals surface area contributed by atoms with E-state index in [1.807, 2.05) is 25.1 Å². The number of anilines is 1. The van der Waals surface area contributed by atoms with Crippen molar-refractivity contribution in [3.63, 3.8) is 0 Å². The Bertz CT molecular complexity index is 1020. The highest BCUT2D eigenvalue weighted by Gasteiger charge is 2.52. The minimum absolute atomic E-state index is 0.0827. The second-order valence-corrected chi connectivity index (χ2v) is 10.2. The molecule has 0 bridgehead atoms. The molecule has 0 spiro atoms. The van der Waals surface area contributed by atoms with Crippen molar-refractivity contribution in [1.29, 1.82) is 0 Å². The van der Waals surface area contributed by atoms with E-state index in [-0.39, 0.29) is 16.7 Å². The molecule has 3 aliphatic heterocycles. The number of amides is 2. The number of fused-ring (bicyclic) bond motifs is 2. The van der Waals surface area contributed by atoms with Gasteiger partial charge in [-0.05, 0) is 44.7 Å². The number of hydrogen-bond donors (Lipinski definition) is 1. The summed E-state index contributed by atoms with van der Waals surface area (Å²) in [4.78, 5) is 27.1. The molecule has 2 amide bonds. The fourth-order valence-electron chi connectivity index (χ4n) is 4.83. The normalized spacial score (nSPS) is 25.7. The minimum atomic E-state index is -0.414. The van der Waals surface area contributed by atoms with Crippen molar-refractivity contribution in [2.45, 2.75) is 69.8 Å². The lowest BCUT2D eigenvalue weighted by Gasteiger charge is -2.30. The smallest absolute Gasteiger partial charge is 0.248 e. The lowest BCUT2D eigenvalue weighted by molar-refractivity contribution is -0.135. The third kappa shape index (κ3) is 3.21. The van der Waals surface area contributed by atoms with Crippen LogP contribution in [0.25, 0.3) is 11.4 Å². The number of hydrogen-bond acceptors (Lipinski definition) is 5. The van der Waals surface area contributed by atoms with Crippen molar-refractivity contribution >= 4 is 29.3 Å². The Balaban J connectivity index is 1.41. The van der Waals surface area contributed by atoms with Gasteiger partial charge >= 0.3 is 0 Å². The lowest BCUT2D eigenvalue weighted by Crippen LogP contribution is -2.48. The molecule has 3 aliphatic rings. The molecule has 5 rings (SSSR count). The van der Waals surface area contributed by atoms with Gasteiger partial charge in [0.15, 0.2) is 5.82 Å². The number of nitrogens with one attached hydrogen (secondary N) is 1. The van der Waals surface area contributed by atoms with Crippen LogP contribution in [0.1, 0.15) is 50.4 Å². The van der Waals surface area contributed by atoms with Gasteiger partial charge in [-0.2, -0.15) is 0 Å². The van der Waals surface area contributed by atoms with E-state index >= 15 is 0 Å². The summed E-state index contributed by atoms with van der Waals surface area (Å²) in [5.41, 5.74) is 2.72. The third-order valence-electron chi connectivity index (χ3n) is 6.61. The highest BCUT2D eigenvalue weighted by Crippen LogP contribution is 2.47. The van der Waals surface area contributed by atoms with Gasteiger partial charge in [0.25, 0.3) is 0 Å². The van der Waals surface area contributed by atoms with Gasteiger partial charge in [-0.1, -0.05) is 18.6 Å². The van der Waals surface area contributed by atoms with E-state index < -0.39 is 6.04 Å². The molecule has 4 heterocycles. The molecular weight excluding hydrogens is 398 g/mol. The summed E-state index contributed by atoms with van der Waals surface area (Å²) in [5.74, 6) is 2.52. The molecule has 0 saturated carbocycles. The van der Waals surface area contributed by atoms with Crippen LogP contribution in [0, 0.1) is 6.92 Å². The first-order valence-corrected chi connectivity index (χ1v) is 11.7. The SMILES string of the molecule is Cc1ccc(-c2nnc3n2CCCCC3)cc1NC(=O)[C@H]1CS[C@@]2(C)CCC(=O)N12. The summed E-state index contributed by atoms with van der Waals surface area (Å²) < 4.78 is 2.21. The van der Waals surface area contributed by atoms with Crippen molar-refractivity contribution in [1.82, 2.24) is 19.7 Å². The topological polar surface area (TPSA) is 80.1 Å². The minimum Gasteiger partial charge on any atom is -0.324 e. The van der Waals surface area contributed by atoms with E-state index in [2.05, 4.69) is 27.0 Å². The number of aromatic nitrogens is 3. The average molecular weight is 426 g/mol. The Labute approximate surface area is 180 Å². The molecule has 158 valence electrons. The number of benzene rings is 1. The molecule has 0 radical (unpaired) electrons. The number of thioether (sulfide) groups is 1. The Kier molecular flexibility index (Phi) is 4.84. The van der Waals surface area contributed by atoms with E-state index in [0.29, 0.717) is 12.2 Å². The monoisotopic (exact) mass is 425 g/mol. The maximum absolute atomic E-state index is 13.1. The number of aryl methyl sites for hydroxylation is 2. The number of carbonyl (C=O) groups is 2. The summed E-state index contributed by atoms with van der Waals surface area (Å²) in [5, 5.41) is 11.9. The van der Waals surface area contributed by atoms with Gasteiger partial charge in [0, 0.05) is 36.4 Å². The quantitative estimate of drug-likeness (QED) is 0.816. The van der Waals surface area contributed by atoms with Crippen molar-refractivity contribution in [2.75, 3.05) is 11.1 Å². The molecule has 0 unspecified atom stereocenters. The van der Waals surface area contributed by atoms with E-state index in [4.69, 9.17) is 0 Å². The van der Waals surface area contributed by atoms with E-state index in [1.165, 1.54) is 6.42 Å². The molecule has 2 atom stereocenters. The summed E-state index contributed by atoms with van der Waals surface area (Å²) in [6.07, 6.45) is 5.80. The molecule has 0 aliphatic carbocycles. The van der Waals surface area contributed by atoms with E-state index in [0.717, 1.165) is 60.7 Å². The molecule has 1 aromatic heterocycles. The number of carbonyl (C=O) groups excluding carboxylic acids is 2. The molecule has 1 aromatic carbocycles.